The van der Waals surface area contributed by atoms with Crippen molar-refractivity contribution in [2.75, 3.05) is 49.5 Å². The number of ether oxygens (including phenoxy) is 2. The number of urea groups is 1. The molecule has 2 atom stereocenters. The van der Waals surface area contributed by atoms with Crippen molar-refractivity contribution in [1.82, 2.24) is 34.2 Å². The summed E-state index contributed by atoms with van der Waals surface area (Å²) in [5.74, 6) is 0.935. The summed E-state index contributed by atoms with van der Waals surface area (Å²) < 4.78 is 13.2. The molecule has 258 valence electrons. The fourth-order valence-corrected chi connectivity index (χ4v) is 6.08. The summed E-state index contributed by atoms with van der Waals surface area (Å²) in [7, 11) is 0. The van der Waals surface area contributed by atoms with Crippen molar-refractivity contribution in [3.8, 4) is 5.82 Å². The Morgan fingerprint density at radius 3 is 2.53 bits per heavy atom. The summed E-state index contributed by atoms with van der Waals surface area (Å²) >= 11 is 0. The minimum atomic E-state index is -0.655. The Morgan fingerprint density at radius 2 is 1.80 bits per heavy atom. The van der Waals surface area contributed by atoms with Crippen LogP contribution in [-0.2, 0) is 16.1 Å². The first kappa shape index (κ1) is 33.5. The zero-order valence-corrected chi connectivity index (χ0v) is 28.6. The van der Waals surface area contributed by atoms with Gasteiger partial charge in [-0.1, -0.05) is 30.3 Å². The summed E-state index contributed by atoms with van der Waals surface area (Å²) in [5, 5.41) is 3.36. The molecule has 2 aromatic heterocycles. The molecular formula is C35H43N9O5. The van der Waals surface area contributed by atoms with Crippen LogP contribution in [-0.4, -0.2) is 109 Å². The monoisotopic (exact) mass is 669 g/mol. The van der Waals surface area contributed by atoms with Gasteiger partial charge < -0.3 is 24.6 Å². The lowest BCUT2D eigenvalue weighted by Gasteiger charge is -2.43. The number of nitrogens with zero attached hydrogens (tertiary/aromatic N) is 8. The van der Waals surface area contributed by atoms with Crippen molar-refractivity contribution in [1.29, 1.82) is 0 Å². The highest BCUT2D eigenvalue weighted by Crippen LogP contribution is 2.27. The Morgan fingerprint density at radius 1 is 1.00 bits per heavy atom. The zero-order chi connectivity index (χ0) is 34.7. The van der Waals surface area contributed by atoms with E-state index in [-0.39, 0.29) is 31.8 Å². The van der Waals surface area contributed by atoms with Crippen LogP contribution in [0.15, 0.2) is 67.1 Å². The summed E-state index contributed by atoms with van der Waals surface area (Å²) in [6.45, 7) is 12.3. The first-order chi connectivity index (χ1) is 23.5. The number of hydrogen-bond acceptors (Lipinski definition) is 9. The van der Waals surface area contributed by atoms with E-state index in [1.54, 1.807) is 33.3 Å². The van der Waals surface area contributed by atoms with E-state index in [0.717, 1.165) is 22.3 Å². The van der Waals surface area contributed by atoms with Crippen LogP contribution in [0.3, 0.4) is 0 Å². The summed E-state index contributed by atoms with van der Waals surface area (Å²) in [6, 6.07) is 16.2. The van der Waals surface area contributed by atoms with E-state index >= 15 is 0 Å². The van der Waals surface area contributed by atoms with Gasteiger partial charge in [0.25, 0.3) is 0 Å². The van der Waals surface area contributed by atoms with Crippen molar-refractivity contribution in [2.45, 2.75) is 58.9 Å². The number of carbonyl (C=O) groups is 3. The Labute approximate surface area is 285 Å². The Kier molecular flexibility index (Phi) is 9.56. The highest BCUT2D eigenvalue weighted by molar-refractivity contribution is 5.96. The molecule has 0 saturated carbocycles. The molecule has 0 radical (unpaired) electrons. The van der Waals surface area contributed by atoms with Crippen molar-refractivity contribution >= 4 is 40.9 Å². The zero-order valence-electron chi connectivity index (χ0n) is 28.6. The molecule has 0 bridgehead atoms. The van der Waals surface area contributed by atoms with Crippen molar-refractivity contribution < 1.29 is 23.9 Å². The van der Waals surface area contributed by atoms with Crippen LogP contribution in [0, 0.1) is 0 Å². The third-order valence-corrected chi connectivity index (χ3v) is 8.65. The molecule has 49 heavy (non-hydrogen) atoms. The minimum Gasteiger partial charge on any atom is -0.445 e. The topological polar surface area (TPSA) is 138 Å². The maximum Gasteiger partial charge on any atom is 0.410 e. The molecule has 0 aliphatic carbocycles. The van der Waals surface area contributed by atoms with Gasteiger partial charge in [0.15, 0.2) is 0 Å². The normalized spacial score (nSPS) is 17.4. The van der Waals surface area contributed by atoms with E-state index in [2.05, 4.69) is 15.3 Å². The maximum absolute atomic E-state index is 13.4. The fraction of sp³-hybridized carbons (Fsp3) is 0.429. The molecule has 2 aliphatic heterocycles. The maximum atomic E-state index is 13.4. The summed E-state index contributed by atoms with van der Waals surface area (Å²) in [4.78, 5) is 59.9. The van der Waals surface area contributed by atoms with Crippen molar-refractivity contribution in [3.05, 3.63) is 72.7 Å². The van der Waals surface area contributed by atoms with E-state index in [0.29, 0.717) is 37.9 Å². The predicted octanol–water partition coefficient (Wildman–Crippen LogP) is 5.14. The Balaban J connectivity index is 1.19. The molecule has 6 rings (SSSR count). The van der Waals surface area contributed by atoms with E-state index in [9.17, 15) is 14.4 Å². The number of aromatic nitrogens is 4. The van der Waals surface area contributed by atoms with Gasteiger partial charge in [0.2, 0.25) is 5.95 Å². The number of amides is 4. The van der Waals surface area contributed by atoms with Crippen LogP contribution in [0.1, 0.15) is 40.2 Å². The number of carbonyl (C=O) groups excluding carboxylic acids is 3. The number of likely N-dealkylation sites (N-methyl/N-ethyl adjacent to an activating group) is 1. The van der Waals surface area contributed by atoms with E-state index in [4.69, 9.17) is 14.5 Å². The van der Waals surface area contributed by atoms with Gasteiger partial charge in [-0.05, 0) is 64.4 Å². The highest BCUT2D eigenvalue weighted by Gasteiger charge is 2.38. The van der Waals surface area contributed by atoms with Gasteiger partial charge in [0, 0.05) is 57.2 Å². The average molecular weight is 670 g/mol. The van der Waals surface area contributed by atoms with Crippen molar-refractivity contribution in [2.24, 2.45) is 0 Å². The van der Waals surface area contributed by atoms with Gasteiger partial charge in [0.1, 0.15) is 24.4 Å². The second kappa shape index (κ2) is 14.0. The molecule has 4 heterocycles. The number of hydrogen-bond donors (Lipinski definition) is 1. The fourth-order valence-electron chi connectivity index (χ4n) is 6.08. The van der Waals surface area contributed by atoms with E-state index < -0.39 is 23.8 Å². The molecule has 1 N–H and O–H groups in total. The smallest absolute Gasteiger partial charge is 0.410 e. The van der Waals surface area contributed by atoms with Gasteiger partial charge in [-0.15, -0.1) is 0 Å². The van der Waals surface area contributed by atoms with Gasteiger partial charge in [-0.25, -0.2) is 24.4 Å². The quantitative estimate of drug-likeness (QED) is 0.270. The number of anilines is 2. The molecule has 2 unspecified atom stereocenters. The lowest BCUT2D eigenvalue weighted by Crippen LogP contribution is -2.61. The third-order valence-electron chi connectivity index (χ3n) is 8.65. The van der Waals surface area contributed by atoms with Crippen LogP contribution in [0.25, 0.3) is 16.9 Å². The van der Waals surface area contributed by atoms with Crippen LogP contribution < -0.4 is 10.2 Å². The Hall–Kier alpha value is -5.40. The van der Waals surface area contributed by atoms with Crippen LogP contribution in [0.4, 0.5) is 26.0 Å². The number of benzene rings is 2. The van der Waals surface area contributed by atoms with Gasteiger partial charge in [0.05, 0.1) is 17.1 Å². The SMILES string of the molecule is CCN1CCN(c2ccc3c(c2)ncn3-c2ccnc(NC(C)C3CN(C(=O)OC(C)(C)C)CCN3C(=O)OCc3ccccc3)n2)C1=O. The molecule has 2 saturated heterocycles. The second-order valence-corrected chi connectivity index (χ2v) is 13.2. The Bertz CT molecular complexity index is 1810. The largest absolute Gasteiger partial charge is 0.445 e. The number of rotatable bonds is 8. The number of piperazine rings is 1. The molecule has 14 nitrogen and oxygen atoms in total. The molecule has 2 aliphatic rings. The minimum absolute atomic E-state index is 0.00266. The molecular weight excluding hydrogens is 626 g/mol. The third kappa shape index (κ3) is 7.53. The van der Waals surface area contributed by atoms with Crippen LogP contribution >= 0.6 is 0 Å². The van der Waals surface area contributed by atoms with Gasteiger partial charge >= 0.3 is 18.2 Å². The number of nitrogens with one attached hydrogen (secondary N) is 1. The standard InChI is InChI=1S/C35H43N9O5/c1-6-40-16-18-42(32(40)45)26-12-13-28-27(20-26)37-23-44(28)30-14-15-36-31(39-30)38-24(2)29-21-41(33(46)49-35(3,4)5)17-19-43(29)34(47)48-22-25-10-8-7-9-11-25/h7-15,20,23-24,29H,6,16-19,21-22H2,1-5H3,(H,36,38,39). The lowest BCUT2D eigenvalue weighted by atomic mass is 10.1. The lowest BCUT2D eigenvalue weighted by molar-refractivity contribution is -0.000538. The summed E-state index contributed by atoms with van der Waals surface area (Å²) in [5.41, 5.74) is 2.59. The number of imidazole rings is 1. The van der Waals surface area contributed by atoms with Crippen LogP contribution in [0.5, 0.6) is 0 Å². The molecule has 4 aromatic rings. The molecule has 2 fully saturated rings. The molecule has 2 aromatic carbocycles. The molecule has 4 amide bonds. The van der Waals surface area contributed by atoms with Crippen LogP contribution in [0.2, 0.25) is 0 Å². The summed E-state index contributed by atoms with van der Waals surface area (Å²) in [6.07, 6.45) is 2.44. The highest BCUT2D eigenvalue weighted by atomic mass is 16.6. The van der Waals surface area contributed by atoms with Gasteiger partial charge in [-0.2, -0.15) is 4.98 Å². The second-order valence-electron chi connectivity index (χ2n) is 13.2. The number of fused-ring (bicyclic) bond motifs is 1. The predicted molar refractivity (Wildman–Crippen MR) is 185 cm³/mol. The van der Waals surface area contributed by atoms with Gasteiger partial charge in [-0.3, -0.25) is 14.4 Å². The molecule has 0 spiro atoms. The molecule has 14 heteroatoms. The average Bonchev–Trinajstić information content (AvgIpc) is 3.69. The first-order valence-corrected chi connectivity index (χ1v) is 16.6. The van der Waals surface area contributed by atoms with E-state index in [1.165, 1.54) is 0 Å². The van der Waals surface area contributed by atoms with Crippen molar-refractivity contribution in [3.63, 3.8) is 0 Å². The first-order valence-electron chi connectivity index (χ1n) is 16.6. The van der Waals surface area contributed by atoms with E-state index in [1.807, 2.05) is 92.6 Å².